The Morgan fingerprint density at radius 3 is 2.46 bits per heavy atom. The van der Waals surface area contributed by atoms with Gasteiger partial charge in [-0.05, 0) is 42.0 Å². The van der Waals surface area contributed by atoms with Gasteiger partial charge in [-0.25, -0.2) is 9.97 Å². The molecule has 2 aromatic carbocycles. The molecule has 6 heteroatoms. The summed E-state index contributed by atoms with van der Waals surface area (Å²) < 4.78 is 7.20. The fourth-order valence-electron chi connectivity index (χ4n) is 3.75. The van der Waals surface area contributed by atoms with Crippen molar-refractivity contribution in [3.8, 4) is 22.6 Å². The zero-order chi connectivity index (χ0) is 17.7. The first-order chi connectivity index (χ1) is 12.7. The predicted octanol–water partition coefficient (Wildman–Crippen LogP) is 3.70. The van der Waals surface area contributed by atoms with Crippen LogP contribution in [-0.2, 0) is 5.41 Å². The second-order valence-electron chi connectivity index (χ2n) is 6.51. The van der Waals surface area contributed by atoms with Crippen molar-refractivity contribution in [3.63, 3.8) is 0 Å². The molecular weight excluding hydrogens is 392 g/mol. The Morgan fingerprint density at radius 1 is 1.00 bits per heavy atom. The van der Waals surface area contributed by atoms with Crippen molar-refractivity contribution in [3.05, 3.63) is 82.6 Å². The fourth-order valence-corrected chi connectivity index (χ4v) is 4.11. The van der Waals surface area contributed by atoms with E-state index in [0.717, 1.165) is 38.2 Å². The van der Waals surface area contributed by atoms with Crippen LogP contribution in [0.2, 0.25) is 0 Å². The standard InChI is InChI=1S/C20H15BrN4O/c21-14-2-4-18-16(6-14)20(7-19(22)25-10-20)15-5-12(1-3-17(15)26-18)13-8-23-11-24-9-13/h1-9,11,25H,10,22H2/t20-/m0/s1. The van der Waals surface area contributed by atoms with Crippen LogP contribution in [0.1, 0.15) is 11.1 Å². The molecule has 1 aromatic heterocycles. The molecule has 5 rings (SSSR count). The number of halogens is 1. The van der Waals surface area contributed by atoms with Gasteiger partial charge in [0, 0.05) is 40.1 Å². The maximum Gasteiger partial charge on any atom is 0.132 e. The third-order valence-electron chi connectivity index (χ3n) is 4.97. The number of hydrogen-bond acceptors (Lipinski definition) is 5. The third kappa shape index (κ3) is 2.22. The van der Waals surface area contributed by atoms with Crippen LogP contribution in [0.15, 0.2) is 71.5 Å². The lowest BCUT2D eigenvalue weighted by Crippen LogP contribution is -2.34. The van der Waals surface area contributed by atoms with Crippen molar-refractivity contribution < 1.29 is 4.74 Å². The summed E-state index contributed by atoms with van der Waals surface area (Å²) in [5.41, 5.74) is 9.93. The second kappa shape index (κ2) is 5.57. The minimum Gasteiger partial charge on any atom is -0.457 e. The molecule has 1 spiro atoms. The van der Waals surface area contributed by atoms with Gasteiger partial charge in [0.15, 0.2) is 0 Å². The molecule has 0 saturated carbocycles. The Balaban J connectivity index is 1.76. The summed E-state index contributed by atoms with van der Waals surface area (Å²) in [6.07, 6.45) is 7.24. The van der Waals surface area contributed by atoms with E-state index < -0.39 is 0 Å². The van der Waals surface area contributed by atoms with Gasteiger partial charge in [0.25, 0.3) is 0 Å². The van der Waals surface area contributed by atoms with E-state index in [-0.39, 0.29) is 5.41 Å². The van der Waals surface area contributed by atoms with Gasteiger partial charge in [0.05, 0.1) is 11.2 Å². The number of fused-ring (bicyclic) bond motifs is 4. The summed E-state index contributed by atoms with van der Waals surface area (Å²) in [6, 6.07) is 12.3. The number of rotatable bonds is 1. The quantitative estimate of drug-likeness (QED) is 0.644. The van der Waals surface area contributed by atoms with E-state index in [2.05, 4.69) is 49.4 Å². The third-order valence-corrected chi connectivity index (χ3v) is 5.46. The molecule has 128 valence electrons. The molecule has 0 unspecified atom stereocenters. The zero-order valence-electron chi connectivity index (χ0n) is 13.7. The normalized spacial score (nSPS) is 20.0. The van der Waals surface area contributed by atoms with Gasteiger partial charge in [0.2, 0.25) is 0 Å². The summed E-state index contributed by atoms with van der Waals surface area (Å²) in [4.78, 5) is 8.26. The average molecular weight is 407 g/mol. The van der Waals surface area contributed by atoms with E-state index in [1.807, 2.05) is 36.7 Å². The molecule has 0 aliphatic carbocycles. The molecule has 0 saturated heterocycles. The van der Waals surface area contributed by atoms with Crippen LogP contribution < -0.4 is 15.8 Å². The Hall–Kier alpha value is -2.86. The van der Waals surface area contributed by atoms with E-state index in [1.54, 1.807) is 0 Å². The van der Waals surface area contributed by atoms with Gasteiger partial charge in [0.1, 0.15) is 17.8 Å². The van der Waals surface area contributed by atoms with Crippen LogP contribution in [-0.4, -0.2) is 16.5 Å². The van der Waals surface area contributed by atoms with E-state index in [4.69, 9.17) is 10.5 Å². The number of nitrogens with one attached hydrogen (secondary N) is 1. The minimum absolute atomic E-state index is 0.373. The number of nitrogens with zero attached hydrogens (tertiary/aromatic N) is 2. The topological polar surface area (TPSA) is 73.1 Å². The highest BCUT2D eigenvalue weighted by atomic mass is 79.9. The maximum atomic E-state index is 6.20. The zero-order valence-corrected chi connectivity index (χ0v) is 15.3. The van der Waals surface area contributed by atoms with E-state index >= 15 is 0 Å². The first-order valence-electron chi connectivity index (χ1n) is 8.26. The van der Waals surface area contributed by atoms with E-state index in [9.17, 15) is 0 Å². The lowest BCUT2D eigenvalue weighted by atomic mass is 9.72. The highest BCUT2D eigenvalue weighted by Crippen LogP contribution is 2.51. The van der Waals surface area contributed by atoms with Crippen molar-refractivity contribution in [2.75, 3.05) is 6.54 Å². The van der Waals surface area contributed by atoms with Crippen LogP contribution in [0.25, 0.3) is 11.1 Å². The van der Waals surface area contributed by atoms with Crippen LogP contribution in [0, 0.1) is 0 Å². The molecule has 0 amide bonds. The summed E-state index contributed by atoms with van der Waals surface area (Å²) >= 11 is 3.58. The summed E-state index contributed by atoms with van der Waals surface area (Å²) in [5, 5.41) is 3.28. The Bertz CT molecular complexity index is 1050. The van der Waals surface area contributed by atoms with Gasteiger partial charge in [-0.3, -0.25) is 0 Å². The number of hydrogen-bond donors (Lipinski definition) is 2. The molecule has 26 heavy (non-hydrogen) atoms. The average Bonchev–Trinajstić information content (AvgIpc) is 3.06. The Labute approximate surface area is 159 Å². The Kier molecular flexibility index (Phi) is 3.30. The fraction of sp³-hybridized carbons (Fsp3) is 0.100. The van der Waals surface area contributed by atoms with Crippen molar-refractivity contribution in [1.29, 1.82) is 0 Å². The molecule has 3 N–H and O–H groups in total. The first-order valence-corrected chi connectivity index (χ1v) is 9.05. The first kappa shape index (κ1) is 15.4. The predicted molar refractivity (Wildman–Crippen MR) is 103 cm³/mol. The SMILES string of the molecule is NC1=C[C@@]2(CN1)c1cc(Br)ccc1Oc1ccc(-c3cncnc3)cc12. The van der Waals surface area contributed by atoms with Crippen molar-refractivity contribution >= 4 is 15.9 Å². The van der Waals surface area contributed by atoms with Crippen LogP contribution in [0.4, 0.5) is 0 Å². The number of aromatic nitrogens is 2. The van der Waals surface area contributed by atoms with Crippen LogP contribution in [0.3, 0.4) is 0 Å². The lowest BCUT2D eigenvalue weighted by Gasteiger charge is -2.36. The Morgan fingerprint density at radius 2 is 1.73 bits per heavy atom. The smallest absolute Gasteiger partial charge is 0.132 e. The summed E-state index contributed by atoms with van der Waals surface area (Å²) in [5.74, 6) is 2.37. The van der Waals surface area contributed by atoms with Crippen molar-refractivity contribution in [1.82, 2.24) is 15.3 Å². The number of ether oxygens (including phenoxy) is 1. The summed E-state index contributed by atoms with van der Waals surface area (Å²) in [6.45, 7) is 0.688. The molecule has 5 nitrogen and oxygen atoms in total. The molecular formula is C20H15BrN4O. The molecule has 0 fully saturated rings. The van der Waals surface area contributed by atoms with Crippen molar-refractivity contribution in [2.24, 2.45) is 5.73 Å². The van der Waals surface area contributed by atoms with E-state index in [1.165, 1.54) is 6.33 Å². The van der Waals surface area contributed by atoms with Gasteiger partial charge in [-0.15, -0.1) is 0 Å². The molecule has 2 aliphatic rings. The number of nitrogens with two attached hydrogens (primary N) is 1. The second-order valence-corrected chi connectivity index (χ2v) is 7.42. The van der Waals surface area contributed by atoms with Gasteiger partial charge >= 0.3 is 0 Å². The monoisotopic (exact) mass is 406 g/mol. The molecule has 0 bridgehead atoms. The van der Waals surface area contributed by atoms with E-state index in [0.29, 0.717) is 12.4 Å². The van der Waals surface area contributed by atoms with Crippen LogP contribution in [0.5, 0.6) is 11.5 Å². The molecule has 2 aliphatic heterocycles. The molecule has 1 atom stereocenters. The minimum atomic E-state index is -0.373. The lowest BCUT2D eigenvalue weighted by molar-refractivity contribution is 0.424. The maximum absolute atomic E-state index is 6.20. The molecule has 3 heterocycles. The van der Waals surface area contributed by atoms with Gasteiger partial charge in [-0.1, -0.05) is 22.0 Å². The van der Waals surface area contributed by atoms with Crippen LogP contribution >= 0.6 is 15.9 Å². The summed E-state index contributed by atoms with van der Waals surface area (Å²) in [7, 11) is 0. The number of benzene rings is 2. The molecule has 0 radical (unpaired) electrons. The molecule has 3 aromatic rings. The van der Waals surface area contributed by atoms with Crippen molar-refractivity contribution in [2.45, 2.75) is 5.41 Å². The van der Waals surface area contributed by atoms with Gasteiger partial charge in [-0.2, -0.15) is 0 Å². The highest BCUT2D eigenvalue weighted by Gasteiger charge is 2.43. The van der Waals surface area contributed by atoms with Gasteiger partial charge < -0.3 is 15.8 Å². The largest absolute Gasteiger partial charge is 0.457 e. The highest BCUT2D eigenvalue weighted by molar-refractivity contribution is 9.10.